The number of rotatable bonds is 4. The van der Waals surface area contributed by atoms with Gasteiger partial charge in [0.25, 0.3) is 0 Å². The van der Waals surface area contributed by atoms with Gasteiger partial charge in [0, 0.05) is 49.4 Å². The van der Waals surface area contributed by atoms with Crippen LogP contribution in [0.25, 0.3) is 65.8 Å². The van der Waals surface area contributed by atoms with Crippen molar-refractivity contribution in [2.75, 3.05) is 5.32 Å². The molecule has 0 radical (unpaired) electrons. The first-order chi connectivity index (χ1) is 27.4. The van der Waals surface area contributed by atoms with Crippen molar-refractivity contribution in [2.24, 2.45) is 4.99 Å². The summed E-state index contributed by atoms with van der Waals surface area (Å²) in [6.07, 6.45) is -0.216. The third-order valence-corrected chi connectivity index (χ3v) is 11.7. The molecule has 0 bridgehead atoms. The van der Waals surface area contributed by atoms with E-state index in [0.29, 0.717) is 0 Å². The Balaban J connectivity index is 1.05. The largest absolute Gasteiger partial charge is 0.359 e. The molecule has 11 rings (SSSR count). The SMILES string of the molecule is CC(C)(C)c1cccc(C2N=C(c3ccc(-n4c5ccccc5c5cc(-n6c7ccccc7c7ccccc76)ccc54)cc3)c3ccc4ccccc4c3N2)c1. The van der Waals surface area contributed by atoms with Crippen LogP contribution >= 0.6 is 0 Å². The minimum atomic E-state index is -0.216. The van der Waals surface area contributed by atoms with Gasteiger partial charge in [0.05, 0.1) is 33.5 Å². The highest BCUT2D eigenvalue weighted by Crippen LogP contribution is 2.40. The Labute approximate surface area is 326 Å². The topological polar surface area (TPSA) is 34.2 Å². The molecule has 8 aromatic carbocycles. The van der Waals surface area contributed by atoms with Gasteiger partial charge < -0.3 is 14.5 Å². The van der Waals surface area contributed by atoms with Crippen molar-refractivity contribution in [3.63, 3.8) is 0 Å². The van der Waals surface area contributed by atoms with Crippen LogP contribution in [0.3, 0.4) is 0 Å². The van der Waals surface area contributed by atoms with Crippen LogP contribution in [0.5, 0.6) is 0 Å². The predicted octanol–water partition coefficient (Wildman–Crippen LogP) is 13.3. The number of hydrogen-bond acceptors (Lipinski definition) is 2. The smallest absolute Gasteiger partial charge is 0.145 e. The first-order valence-electron chi connectivity index (χ1n) is 19.5. The number of hydrogen-bond donors (Lipinski definition) is 1. The molecule has 0 saturated heterocycles. The second-order valence-corrected chi connectivity index (χ2v) is 16.1. The van der Waals surface area contributed by atoms with E-state index in [-0.39, 0.29) is 11.6 Å². The summed E-state index contributed by atoms with van der Waals surface area (Å²) in [7, 11) is 0. The number of aliphatic imine (C=N–C) groups is 1. The van der Waals surface area contributed by atoms with Crippen molar-refractivity contribution in [3.8, 4) is 11.4 Å². The van der Waals surface area contributed by atoms with E-state index in [1.165, 1.54) is 59.9 Å². The van der Waals surface area contributed by atoms with Crippen LogP contribution in [0.15, 0.2) is 181 Å². The summed E-state index contributed by atoms with van der Waals surface area (Å²) >= 11 is 0. The quantitative estimate of drug-likeness (QED) is 0.193. The van der Waals surface area contributed by atoms with Gasteiger partial charge in [-0.05, 0) is 70.5 Å². The molecule has 1 aliphatic rings. The molecule has 2 aromatic heterocycles. The molecular formula is C52H40N4. The zero-order valence-corrected chi connectivity index (χ0v) is 31.7. The van der Waals surface area contributed by atoms with Crippen molar-refractivity contribution < 1.29 is 0 Å². The lowest BCUT2D eigenvalue weighted by Crippen LogP contribution is -2.21. The molecule has 4 nitrogen and oxygen atoms in total. The van der Waals surface area contributed by atoms with Gasteiger partial charge in [0.2, 0.25) is 0 Å². The summed E-state index contributed by atoms with van der Waals surface area (Å²) in [4.78, 5) is 5.46. The average molecular weight is 721 g/mol. The molecule has 0 spiro atoms. The van der Waals surface area contributed by atoms with E-state index in [0.717, 1.165) is 39.5 Å². The molecule has 0 amide bonds. The number of anilines is 1. The van der Waals surface area contributed by atoms with E-state index in [1.807, 2.05) is 0 Å². The van der Waals surface area contributed by atoms with E-state index in [9.17, 15) is 0 Å². The molecule has 1 unspecified atom stereocenters. The Morgan fingerprint density at radius 1 is 0.482 bits per heavy atom. The highest BCUT2D eigenvalue weighted by molar-refractivity contribution is 6.20. The summed E-state index contributed by atoms with van der Waals surface area (Å²) in [5, 5.41) is 11.3. The summed E-state index contributed by atoms with van der Waals surface area (Å²) in [5.41, 5.74) is 13.9. The molecule has 10 aromatic rings. The zero-order chi connectivity index (χ0) is 37.5. The molecular weight excluding hydrogens is 681 g/mol. The Morgan fingerprint density at radius 3 is 1.73 bits per heavy atom. The highest BCUT2D eigenvalue weighted by Gasteiger charge is 2.26. The number of nitrogens with zero attached hydrogens (tertiary/aromatic N) is 3. The van der Waals surface area contributed by atoms with E-state index in [4.69, 9.17) is 4.99 Å². The maximum atomic E-state index is 5.46. The Bertz CT molecular complexity index is 3150. The van der Waals surface area contributed by atoms with Crippen LogP contribution in [0, 0.1) is 0 Å². The van der Waals surface area contributed by atoms with Crippen LogP contribution in [0.4, 0.5) is 5.69 Å². The van der Waals surface area contributed by atoms with Crippen molar-refractivity contribution in [2.45, 2.75) is 32.4 Å². The monoisotopic (exact) mass is 720 g/mol. The minimum absolute atomic E-state index is 0.0388. The first-order valence-corrected chi connectivity index (χ1v) is 19.5. The van der Waals surface area contributed by atoms with Gasteiger partial charge in [0.1, 0.15) is 6.17 Å². The normalized spacial score (nSPS) is 14.4. The van der Waals surface area contributed by atoms with E-state index >= 15 is 0 Å². The fraction of sp³-hybridized carbons (Fsp3) is 0.0962. The molecule has 1 N–H and O–H groups in total. The lowest BCUT2D eigenvalue weighted by atomic mass is 9.85. The number of para-hydroxylation sites is 3. The standard InChI is InChI=1S/C52H40N4/c1-52(2,3)36-15-12-14-35(31-36)51-53-49(43-29-25-33-13-4-5-16-39(33)50(43)54-51)34-23-26-37(27-24-34)55-47-22-11-8-19-42(47)44-32-38(28-30-48(44)55)56-45-20-9-6-17-40(45)41-18-7-10-21-46(41)56/h4-32,51,54H,1-3H3. The summed E-state index contributed by atoms with van der Waals surface area (Å²) in [5.74, 6) is 0. The van der Waals surface area contributed by atoms with Crippen LogP contribution < -0.4 is 5.32 Å². The number of fused-ring (bicyclic) bond motifs is 9. The molecule has 0 fully saturated rings. The Kier molecular flexibility index (Phi) is 7.14. The van der Waals surface area contributed by atoms with Gasteiger partial charge >= 0.3 is 0 Å². The van der Waals surface area contributed by atoms with Gasteiger partial charge in [-0.15, -0.1) is 0 Å². The zero-order valence-electron chi connectivity index (χ0n) is 31.7. The minimum Gasteiger partial charge on any atom is -0.359 e. The third kappa shape index (κ3) is 5.03. The Hall–Kier alpha value is -6.91. The molecule has 268 valence electrons. The Morgan fingerprint density at radius 2 is 1.05 bits per heavy atom. The molecule has 1 aliphatic heterocycles. The highest BCUT2D eigenvalue weighted by atomic mass is 15.1. The van der Waals surface area contributed by atoms with Crippen molar-refractivity contribution >= 4 is 65.8 Å². The van der Waals surface area contributed by atoms with E-state index in [1.54, 1.807) is 0 Å². The molecule has 1 atom stereocenters. The molecule has 56 heavy (non-hydrogen) atoms. The van der Waals surface area contributed by atoms with Gasteiger partial charge in [-0.3, -0.25) is 4.99 Å². The van der Waals surface area contributed by atoms with Gasteiger partial charge in [-0.25, -0.2) is 0 Å². The van der Waals surface area contributed by atoms with Crippen LogP contribution in [-0.2, 0) is 5.41 Å². The summed E-state index contributed by atoms with van der Waals surface area (Å²) < 4.78 is 4.80. The van der Waals surface area contributed by atoms with Crippen molar-refractivity contribution in [1.29, 1.82) is 0 Å². The van der Waals surface area contributed by atoms with Gasteiger partial charge in [-0.1, -0.05) is 148 Å². The maximum Gasteiger partial charge on any atom is 0.145 e. The summed E-state index contributed by atoms with van der Waals surface area (Å²) in [6.45, 7) is 6.80. The first kappa shape index (κ1) is 32.5. The van der Waals surface area contributed by atoms with Gasteiger partial charge in [0.15, 0.2) is 0 Å². The van der Waals surface area contributed by atoms with Crippen LogP contribution in [0.1, 0.15) is 49.2 Å². The van der Waals surface area contributed by atoms with Crippen molar-refractivity contribution in [1.82, 2.24) is 9.13 Å². The van der Waals surface area contributed by atoms with Crippen LogP contribution in [-0.4, -0.2) is 14.8 Å². The average Bonchev–Trinajstić information content (AvgIpc) is 3.75. The van der Waals surface area contributed by atoms with E-state index < -0.39 is 0 Å². The molecule has 3 heterocycles. The second kappa shape index (κ2) is 12.3. The fourth-order valence-electron chi connectivity index (χ4n) is 8.90. The van der Waals surface area contributed by atoms with Crippen LogP contribution in [0.2, 0.25) is 0 Å². The second-order valence-electron chi connectivity index (χ2n) is 16.1. The fourth-order valence-corrected chi connectivity index (χ4v) is 8.90. The lowest BCUT2D eigenvalue weighted by Gasteiger charge is -2.29. The number of benzene rings is 8. The third-order valence-electron chi connectivity index (χ3n) is 11.7. The molecule has 0 saturated carbocycles. The molecule has 4 heteroatoms. The lowest BCUT2D eigenvalue weighted by molar-refractivity contribution is 0.588. The maximum absolute atomic E-state index is 5.46. The number of aromatic nitrogens is 2. The molecule has 0 aliphatic carbocycles. The van der Waals surface area contributed by atoms with Gasteiger partial charge in [-0.2, -0.15) is 0 Å². The predicted molar refractivity (Wildman–Crippen MR) is 236 cm³/mol. The van der Waals surface area contributed by atoms with E-state index in [2.05, 4.69) is 211 Å². The van der Waals surface area contributed by atoms with Crippen molar-refractivity contribution in [3.05, 3.63) is 198 Å². The summed E-state index contributed by atoms with van der Waals surface area (Å²) in [6, 6.07) is 64.1. The number of nitrogens with one attached hydrogen (secondary N) is 1.